The molecule has 0 unspecified atom stereocenters. The minimum absolute atomic E-state index is 0.124. The van der Waals surface area contributed by atoms with Crippen molar-refractivity contribution in [2.75, 3.05) is 0 Å². The summed E-state index contributed by atoms with van der Waals surface area (Å²) in [5, 5.41) is 2.25. The second-order valence-corrected chi connectivity index (χ2v) is 18.0. The Morgan fingerprint density at radius 1 is 0.338 bits per heavy atom. The van der Waals surface area contributed by atoms with E-state index in [0.29, 0.717) is 5.82 Å². The van der Waals surface area contributed by atoms with Gasteiger partial charge in [-0.2, -0.15) is 0 Å². The molecule has 0 atom stereocenters. The first-order valence-corrected chi connectivity index (χ1v) is 22.5. The molecule has 0 saturated heterocycles. The summed E-state index contributed by atoms with van der Waals surface area (Å²) in [7, 11) is 0. The number of hydrogen-bond acceptors (Lipinski definition) is 3. The molecule has 2 heterocycles. The minimum Gasteiger partial charge on any atom is -0.455 e. The van der Waals surface area contributed by atoms with E-state index in [0.717, 1.165) is 66.7 Å². The van der Waals surface area contributed by atoms with E-state index >= 15 is 0 Å². The number of furan rings is 1. The highest BCUT2D eigenvalue weighted by molar-refractivity contribution is 6.09. The highest BCUT2D eigenvalue weighted by atomic mass is 16.3. The molecule has 2 aromatic heterocycles. The van der Waals surface area contributed by atoms with Gasteiger partial charge in [0.15, 0.2) is 5.82 Å². The fourth-order valence-electron chi connectivity index (χ4n) is 11.1. The SMILES string of the molecule is CC1(C)c2ccccc2C2(c3ccccc3-c3cc(-c4ccc(-c5cc(-c6ccc(-c7cccc8c7oc7ccccc78)cc6)nc(-c6ccccc6)n5)cc4)ccc32)c2ccccc21. The molecular formula is C62H42N2O. The number of rotatable bonds is 5. The summed E-state index contributed by atoms with van der Waals surface area (Å²) in [6, 6.07) is 78.9. The molecule has 0 amide bonds. The summed E-state index contributed by atoms with van der Waals surface area (Å²) in [6.07, 6.45) is 0. The zero-order chi connectivity index (χ0) is 43.3. The zero-order valence-electron chi connectivity index (χ0n) is 36.1. The van der Waals surface area contributed by atoms with Gasteiger partial charge in [-0.25, -0.2) is 9.97 Å². The second kappa shape index (κ2) is 14.2. The van der Waals surface area contributed by atoms with Crippen molar-refractivity contribution in [2.24, 2.45) is 0 Å². The van der Waals surface area contributed by atoms with Crippen molar-refractivity contribution in [3.8, 4) is 67.3 Å². The molecule has 0 fully saturated rings. The summed E-state index contributed by atoms with van der Waals surface area (Å²) in [6.45, 7) is 4.75. The largest absolute Gasteiger partial charge is 0.455 e. The second-order valence-electron chi connectivity index (χ2n) is 18.0. The minimum atomic E-state index is -0.402. The standard InChI is InChI=1S/C62H42N2O/c1-61(2)52-22-9-11-24-54(52)62(55-25-12-10-23-53(55)61)50-21-8-6-17-46(50)49-37-44(35-36-51(49)62)39-27-31-41(32-28-39)56-38-57(64-60(63-56)43-15-4-3-5-16-43)42-33-29-40(30-34-42)45-19-14-20-48-47-18-7-13-26-58(47)65-59(45)48/h3-38H,1-2H3. The number of hydrogen-bond donors (Lipinski definition) is 0. The van der Waals surface area contributed by atoms with Gasteiger partial charge in [-0.1, -0.05) is 214 Å². The van der Waals surface area contributed by atoms with Crippen LogP contribution in [0.5, 0.6) is 0 Å². The summed E-state index contributed by atoms with van der Waals surface area (Å²) in [5.74, 6) is 0.693. The van der Waals surface area contributed by atoms with Crippen molar-refractivity contribution < 1.29 is 4.42 Å². The molecule has 2 aliphatic carbocycles. The van der Waals surface area contributed by atoms with Crippen molar-refractivity contribution in [1.29, 1.82) is 0 Å². The lowest BCUT2D eigenvalue weighted by atomic mass is 9.55. The lowest BCUT2D eigenvalue weighted by Crippen LogP contribution is -2.40. The van der Waals surface area contributed by atoms with Gasteiger partial charge in [0.1, 0.15) is 11.2 Å². The molecule has 13 rings (SSSR count). The van der Waals surface area contributed by atoms with Crippen LogP contribution in [0.3, 0.4) is 0 Å². The molecule has 3 nitrogen and oxygen atoms in total. The van der Waals surface area contributed by atoms with E-state index in [4.69, 9.17) is 14.4 Å². The molecule has 11 aromatic rings. The van der Waals surface area contributed by atoms with E-state index in [2.05, 4.69) is 202 Å². The Balaban J connectivity index is 0.884. The first-order valence-electron chi connectivity index (χ1n) is 22.5. The Kier molecular flexibility index (Phi) is 8.17. The van der Waals surface area contributed by atoms with Gasteiger partial charge in [0.25, 0.3) is 0 Å². The number of nitrogens with zero attached hydrogens (tertiary/aromatic N) is 2. The predicted molar refractivity (Wildman–Crippen MR) is 266 cm³/mol. The summed E-state index contributed by atoms with van der Waals surface area (Å²) in [4.78, 5) is 10.3. The highest BCUT2D eigenvalue weighted by Crippen LogP contribution is 2.62. The number of aromatic nitrogens is 2. The number of benzene rings is 9. The highest BCUT2D eigenvalue weighted by Gasteiger charge is 2.53. The molecule has 0 N–H and O–H groups in total. The molecule has 0 aliphatic heterocycles. The molecule has 3 heteroatoms. The average Bonchev–Trinajstić information content (AvgIpc) is 3.90. The first kappa shape index (κ1) is 37.4. The summed E-state index contributed by atoms with van der Waals surface area (Å²) < 4.78 is 6.39. The molecule has 1 spiro atoms. The first-order chi connectivity index (χ1) is 32.0. The van der Waals surface area contributed by atoms with Crippen molar-refractivity contribution in [2.45, 2.75) is 24.7 Å². The van der Waals surface area contributed by atoms with Gasteiger partial charge < -0.3 is 4.42 Å². The van der Waals surface area contributed by atoms with Crippen molar-refractivity contribution in [3.63, 3.8) is 0 Å². The van der Waals surface area contributed by atoms with Crippen LogP contribution in [0.25, 0.3) is 89.2 Å². The fourth-order valence-corrected chi connectivity index (χ4v) is 11.1. The molecule has 0 radical (unpaired) electrons. The zero-order valence-corrected chi connectivity index (χ0v) is 36.1. The third-order valence-corrected chi connectivity index (χ3v) is 14.2. The monoisotopic (exact) mass is 830 g/mol. The number of para-hydroxylation sites is 2. The lowest BCUT2D eigenvalue weighted by molar-refractivity contribution is 0.563. The number of fused-ring (bicyclic) bond motifs is 12. The topological polar surface area (TPSA) is 38.9 Å². The van der Waals surface area contributed by atoms with Crippen LogP contribution in [-0.2, 0) is 10.8 Å². The van der Waals surface area contributed by atoms with Crippen LogP contribution in [-0.4, -0.2) is 9.97 Å². The maximum atomic E-state index is 6.39. The van der Waals surface area contributed by atoms with Crippen LogP contribution in [0.4, 0.5) is 0 Å². The van der Waals surface area contributed by atoms with Gasteiger partial charge in [0.2, 0.25) is 0 Å². The molecule has 2 aliphatic rings. The van der Waals surface area contributed by atoms with Gasteiger partial charge in [-0.15, -0.1) is 0 Å². The van der Waals surface area contributed by atoms with Crippen LogP contribution >= 0.6 is 0 Å². The van der Waals surface area contributed by atoms with Crippen molar-refractivity contribution >= 4 is 21.9 Å². The van der Waals surface area contributed by atoms with E-state index in [1.165, 1.54) is 50.1 Å². The van der Waals surface area contributed by atoms with Gasteiger partial charge >= 0.3 is 0 Å². The molecular weight excluding hydrogens is 789 g/mol. The summed E-state index contributed by atoms with van der Waals surface area (Å²) >= 11 is 0. The van der Waals surface area contributed by atoms with E-state index in [-0.39, 0.29) is 5.41 Å². The summed E-state index contributed by atoms with van der Waals surface area (Å²) in [5.41, 5.74) is 21.4. The van der Waals surface area contributed by atoms with Crippen LogP contribution in [0.1, 0.15) is 47.2 Å². The van der Waals surface area contributed by atoms with Crippen LogP contribution in [0.2, 0.25) is 0 Å². The molecule has 9 aromatic carbocycles. The Labute approximate surface area is 378 Å². The Morgan fingerprint density at radius 3 is 1.54 bits per heavy atom. The maximum absolute atomic E-state index is 6.39. The Bertz CT molecular complexity index is 3620. The van der Waals surface area contributed by atoms with Crippen molar-refractivity contribution in [3.05, 3.63) is 252 Å². The van der Waals surface area contributed by atoms with E-state index in [1.54, 1.807) is 0 Å². The Hall–Kier alpha value is -8.14. The van der Waals surface area contributed by atoms with Gasteiger partial charge in [-0.3, -0.25) is 0 Å². The quantitative estimate of drug-likeness (QED) is 0.173. The maximum Gasteiger partial charge on any atom is 0.160 e. The van der Waals surface area contributed by atoms with Gasteiger partial charge in [-0.05, 0) is 79.4 Å². The molecule has 306 valence electrons. The van der Waals surface area contributed by atoms with Gasteiger partial charge in [0.05, 0.1) is 16.8 Å². The predicted octanol–water partition coefficient (Wildman–Crippen LogP) is 15.7. The third kappa shape index (κ3) is 5.55. The molecule has 65 heavy (non-hydrogen) atoms. The Morgan fingerprint density at radius 2 is 0.846 bits per heavy atom. The smallest absolute Gasteiger partial charge is 0.160 e. The van der Waals surface area contributed by atoms with Crippen LogP contribution in [0.15, 0.2) is 223 Å². The van der Waals surface area contributed by atoms with Crippen LogP contribution in [0, 0.1) is 0 Å². The van der Waals surface area contributed by atoms with Crippen LogP contribution < -0.4 is 0 Å². The van der Waals surface area contributed by atoms with Gasteiger partial charge in [0, 0.05) is 38.4 Å². The molecule has 0 saturated carbocycles. The van der Waals surface area contributed by atoms with E-state index < -0.39 is 5.41 Å². The molecule has 0 bridgehead atoms. The average molecular weight is 831 g/mol. The third-order valence-electron chi connectivity index (χ3n) is 14.2. The fraction of sp³-hybridized carbons (Fsp3) is 0.0645. The van der Waals surface area contributed by atoms with E-state index in [9.17, 15) is 0 Å². The lowest BCUT2D eigenvalue weighted by Gasteiger charge is -2.46. The van der Waals surface area contributed by atoms with E-state index in [1.807, 2.05) is 30.3 Å². The van der Waals surface area contributed by atoms with Crippen molar-refractivity contribution in [1.82, 2.24) is 9.97 Å². The normalized spacial score (nSPS) is 13.9.